The highest BCUT2D eigenvalue weighted by Crippen LogP contribution is 2.29. The fourth-order valence-electron chi connectivity index (χ4n) is 3.52. The first kappa shape index (κ1) is 19.4. The van der Waals surface area contributed by atoms with Gasteiger partial charge in [0, 0.05) is 23.5 Å². The number of thiophene rings is 1. The zero-order chi connectivity index (χ0) is 19.0. The second-order valence-corrected chi connectivity index (χ2v) is 9.49. The Morgan fingerprint density at radius 1 is 1.35 bits per heavy atom. The number of aromatic nitrogens is 2. The maximum Gasteiger partial charge on any atom is 0.263 e. The molecule has 0 aliphatic carbocycles. The standard InChI is InChI=1S/C19H27N3O2S2/c1-11(2)22-18(24)16-13(4)14(5)26-17(16)20-19(22)25-10-15(23)21-9-7-6-8-12(21)3/h11-12H,6-10H2,1-5H3. The molecule has 1 unspecified atom stereocenters. The van der Waals surface area contributed by atoms with E-state index in [-0.39, 0.29) is 17.5 Å². The number of rotatable bonds is 4. The van der Waals surface area contributed by atoms with E-state index in [9.17, 15) is 9.59 Å². The number of likely N-dealkylation sites (tertiary alicyclic amines) is 1. The molecule has 0 radical (unpaired) electrons. The summed E-state index contributed by atoms with van der Waals surface area (Å²) >= 11 is 2.95. The molecule has 1 fully saturated rings. The number of hydrogen-bond donors (Lipinski definition) is 0. The third kappa shape index (κ3) is 3.56. The molecule has 0 aromatic carbocycles. The predicted octanol–water partition coefficient (Wildman–Crippen LogP) is 4.15. The molecular formula is C19H27N3O2S2. The summed E-state index contributed by atoms with van der Waals surface area (Å²) in [5, 5.41) is 1.37. The molecule has 2 aromatic rings. The van der Waals surface area contributed by atoms with Crippen molar-refractivity contribution in [2.75, 3.05) is 12.3 Å². The van der Waals surface area contributed by atoms with Crippen LogP contribution in [0.1, 0.15) is 56.5 Å². The predicted molar refractivity (Wildman–Crippen MR) is 109 cm³/mol. The summed E-state index contributed by atoms with van der Waals surface area (Å²) in [5.41, 5.74) is 1.03. The Morgan fingerprint density at radius 2 is 2.08 bits per heavy atom. The molecule has 0 N–H and O–H groups in total. The highest BCUT2D eigenvalue weighted by Gasteiger charge is 2.24. The van der Waals surface area contributed by atoms with E-state index in [0.717, 1.165) is 40.0 Å². The molecule has 26 heavy (non-hydrogen) atoms. The zero-order valence-electron chi connectivity index (χ0n) is 16.2. The van der Waals surface area contributed by atoms with Crippen LogP contribution in [0.2, 0.25) is 0 Å². The van der Waals surface area contributed by atoms with Gasteiger partial charge in [0.2, 0.25) is 5.91 Å². The second kappa shape index (κ2) is 7.72. The summed E-state index contributed by atoms with van der Waals surface area (Å²) in [6.07, 6.45) is 3.35. The summed E-state index contributed by atoms with van der Waals surface area (Å²) in [7, 11) is 0. The van der Waals surface area contributed by atoms with Gasteiger partial charge in [-0.05, 0) is 59.4 Å². The number of amides is 1. The molecule has 7 heteroatoms. The molecule has 1 amide bonds. The fraction of sp³-hybridized carbons (Fsp3) is 0.632. The number of piperidine rings is 1. The highest BCUT2D eigenvalue weighted by atomic mass is 32.2. The van der Waals surface area contributed by atoms with Gasteiger partial charge >= 0.3 is 0 Å². The van der Waals surface area contributed by atoms with Gasteiger partial charge in [-0.1, -0.05) is 11.8 Å². The minimum absolute atomic E-state index is 0.00511. The van der Waals surface area contributed by atoms with Crippen LogP contribution in [-0.2, 0) is 4.79 Å². The third-order valence-corrected chi connectivity index (χ3v) is 7.21. The molecule has 1 saturated heterocycles. The molecule has 0 saturated carbocycles. The number of thioether (sulfide) groups is 1. The van der Waals surface area contributed by atoms with Crippen LogP contribution in [0.25, 0.3) is 10.2 Å². The van der Waals surface area contributed by atoms with E-state index in [1.165, 1.54) is 18.2 Å². The first-order valence-corrected chi connectivity index (χ1v) is 11.1. The number of aryl methyl sites for hydroxylation is 2. The molecule has 2 aromatic heterocycles. The Bertz CT molecular complexity index is 885. The Morgan fingerprint density at radius 3 is 2.73 bits per heavy atom. The van der Waals surface area contributed by atoms with Gasteiger partial charge in [0.05, 0.1) is 11.1 Å². The first-order valence-electron chi connectivity index (χ1n) is 9.25. The van der Waals surface area contributed by atoms with Crippen LogP contribution in [0.5, 0.6) is 0 Å². The maximum atomic E-state index is 13.0. The van der Waals surface area contributed by atoms with E-state index in [4.69, 9.17) is 4.98 Å². The van der Waals surface area contributed by atoms with E-state index in [1.54, 1.807) is 15.9 Å². The molecule has 1 atom stereocenters. The molecule has 3 heterocycles. The smallest absolute Gasteiger partial charge is 0.263 e. The summed E-state index contributed by atoms with van der Waals surface area (Å²) < 4.78 is 1.74. The first-order chi connectivity index (χ1) is 12.3. The van der Waals surface area contributed by atoms with Crippen molar-refractivity contribution in [2.45, 2.75) is 71.1 Å². The number of nitrogens with zero attached hydrogens (tertiary/aromatic N) is 3. The number of fused-ring (bicyclic) bond motifs is 1. The Labute approximate surface area is 162 Å². The SMILES string of the molecule is Cc1sc2nc(SCC(=O)N3CCCCC3C)n(C(C)C)c(=O)c2c1C. The molecule has 1 aliphatic heterocycles. The second-order valence-electron chi connectivity index (χ2n) is 7.35. The van der Waals surface area contributed by atoms with Crippen molar-refractivity contribution in [3.8, 4) is 0 Å². The molecule has 142 valence electrons. The minimum atomic E-state index is 0.00511. The van der Waals surface area contributed by atoms with Gasteiger partial charge in [0.1, 0.15) is 4.83 Å². The van der Waals surface area contributed by atoms with Crippen LogP contribution in [0.4, 0.5) is 0 Å². The van der Waals surface area contributed by atoms with E-state index in [0.29, 0.717) is 17.0 Å². The quantitative estimate of drug-likeness (QED) is 0.578. The van der Waals surface area contributed by atoms with Crippen molar-refractivity contribution in [3.05, 3.63) is 20.8 Å². The lowest BCUT2D eigenvalue weighted by atomic mass is 10.0. The van der Waals surface area contributed by atoms with E-state index >= 15 is 0 Å². The van der Waals surface area contributed by atoms with Crippen molar-refractivity contribution >= 4 is 39.2 Å². The maximum absolute atomic E-state index is 13.0. The van der Waals surface area contributed by atoms with Crippen molar-refractivity contribution < 1.29 is 4.79 Å². The monoisotopic (exact) mass is 393 g/mol. The number of hydrogen-bond acceptors (Lipinski definition) is 5. The average molecular weight is 394 g/mol. The molecule has 3 rings (SSSR count). The van der Waals surface area contributed by atoms with Gasteiger partial charge in [-0.2, -0.15) is 0 Å². The lowest BCUT2D eigenvalue weighted by Crippen LogP contribution is -2.43. The van der Waals surface area contributed by atoms with Gasteiger partial charge < -0.3 is 4.90 Å². The van der Waals surface area contributed by atoms with Gasteiger partial charge in [0.15, 0.2) is 5.16 Å². The summed E-state index contributed by atoms with van der Waals surface area (Å²) in [6.45, 7) is 10.9. The van der Waals surface area contributed by atoms with Crippen LogP contribution >= 0.6 is 23.1 Å². The van der Waals surface area contributed by atoms with Crippen LogP contribution in [0.3, 0.4) is 0 Å². The highest BCUT2D eigenvalue weighted by molar-refractivity contribution is 7.99. The molecular weight excluding hydrogens is 366 g/mol. The average Bonchev–Trinajstić information content (AvgIpc) is 2.87. The van der Waals surface area contributed by atoms with Crippen LogP contribution < -0.4 is 5.56 Å². The van der Waals surface area contributed by atoms with Crippen LogP contribution in [0.15, 0.2) is 9.95 Å². The number of carbonyl (C=O) groups excluding carboxylic acids is 1. The van der Waals surface area contributed by atoms with Gasteiger partial charge in [-0.25, -0.2) is 4.98 Å². The van der Waals surface area contributed by atoms with Crippen LogP contribution in [0, 0.1) is 13.8 Å². The fourth-order valence-corrected chi connectivity index (χ4v) is 5.61. The number of carbonyl (C=O) groups is 1. The zero-order valence-corrected chi connectivity index (χ0v) is 17.8. The van der Waals surface area contributed by atoms with E-state index in [2.05, 4.69) is 6.92 Å². The summed E-state index contributed by atoms with van der Waals surface area (Å²) in [5.74, 6) is 0.476. The van der Waals surface area contributed by atoms with Crippen molar-refractivity contribution in [2.24, 2.45) is 0 Å². The minimum Gasteiger partial charge on any atom is -0.339 e. The molecule has 5 nitrogen and oxygen atoms in total. The van der Waals surface area contributed by atoms with Crippen LogP contribution in [-0.4, -0.2) is 38.7 Å². The van der Waals surface area contributed by atoms with E-state index < -0.39 is 0 Å². The summed E-state index contributed by atoms with van der Waals surface area (Å²) in [4.78, 5) is 34.3. The van der Waals surface area contributed by atoms with E-state index in [1.807, 2.05) is 32.6 Å². The molecule has 0 spiro atoms. The normalized spacial score (nSPS) is 18.1. The largest absolute Gasteiger partial charge is 0.339 e. The molecule has 0 bridgehead atoms. The van der Waals surface area contributed by atoms with Gasteiger partial charge in [0.25, 0.3) is 5.56 Å². The van der Waals surface area contributed by atoms with Crippen molar-refractivity contribution in [1.82, 2.24) is 14.5 Å². The Hall–Kier alpha value is -1.34. The molecule has 1 aliphatic rings. The third-order valence-electron chi connectivity index (χ3n) is 5.17. The van der Waals surface area contributed by atoms with Gasteiger partial charge in [-0.15, -0.1) is 11.3 Å². The van der Waals surface area contributed by atoms with Gasteiger partial charge in [-0.3, -0.25) is 14.2 Å². The Kier molecular flexibility index (Phi) is 5.77. The Balaban J connectivity index is 1.90. The topological polar surface area (TPSA) is 55.2 Å². The lowest BCUT2D eigenvalue weighted by molar-refractivity contribution is -0.131. The van der Waals surface area contributed by atoms with Crippen molar-refractivity contribution in [3.63, 3.8) is 0 Å². The van der Waals surface area contributed by atoms with Crippen molar-refractivity contribution in [1.29, 1.82) is 0 Å². The lowest BCUT2D eigenvalue weighted by Gasteiger charge is -2.33. The summed E-state index contributed by atoms with van der Waals surface area (Å²) in [6, 6.07) is 0.313.